The minimum absolute atomic E-state index is 0.0260. The molecule has 0 atom stereocenters. The third-order valence-corrected chi connectivity index (χ3v) is 13.7. The van der Waals surface area contributed by atoms with Gasteiger partial charge in [0.2, 0.25) is 11.8 Å². The molecule has 2 aromatic heterocycles. The van der Waals surface area contributed by atoms with E-state index in [2.05, 4.69) is 50.5 Å². The Balaban J connectivity index is 0.000000143. The number of nitrogens with one attached hydrogen (secondary N) is 2. The number of rotatable bonds is 10. The number of aliphatic hydroxyl groups is 2. The average Bonchev–Trinajstić information content (AvgIpc) is 4.32. The first-order chi connectivity index (χ1) is 35.5. The van der Waals surface area contributed by atoms with Gasteiger partial charge in [-0.15, -0.1) is 17.6 Å². The number of ether oxygens (including phenoxy) is 4. The summed E-state index contributed by atoms with van der Waals surface area (Å²) in [5.41, 5.74) is 3.13. The van der Waals surface area contributed by atoms with Crippen LogP contribution in [0.4, 0.5) is 29.2 Å². The number of carbonyl (C=O) groups is 2. The van der Waals surface area contributed by atoms with Gasteiger partial charge >= 0.3 is 19.7 Å². The molecular weight excluding hydrogens is 1030 g/mol. The molecule has 6 aromatic carbocycles. The summed E-state index contributed by atoms with van der Waals surface area (Å²) in [4.78, 5) is 35.5. The Morgan fingerprint density at radius 1 is 0.554 bits per heavy atom. The van der Waals surface area contributed by atoms with Crippen LogP contribution in [0, 0.1) is 0 Å². The van der Waals surface area contributed by atoms with Crippen molar-refractivity contribution in [2.45, 2.75) is 62.3 Å². The van der Waals surface area contributed by atoms with Gasteiger partial charge in [-0.2, -0.15) is 0 Å². The second-order valence-electron chi connectivity index (χ2n) is 18.0. The Kier molecular flexibility index (Phi) is 13.3. The maximum absolute atomic E-state index is 13.4. The van der Waals surface area contributed by atoms with Crippen LogP contribution in [0.3, 0.4) is 0 Å². The van der Waals surface area contributed by atoms with E-state index >= 15 is 0 Å². The Morgan fingerprint density at radius 3 is 1.46 bits per heavy atom. The quantitative estimate of drug-likeness (QED) is 0.0432. The monoisotopic (exact) mass is 1070 g/mol. The average molecular weight is 1070 g/mol. The van der Waals surface area contributed by atoms with Crippen LogP contribution in [-0.4, -0.2) is 61.8 Å². The molecule has 12 rings (SSSR count). The van der Waals surface area contributed by atoms with E-state index in [1.54, 1.807) is 42.5 Å². The maximum atomic E-state index is 13.4. The fourth-order valence-corrected chi connectivity index (χ4v) is 9.33. The number of anilines is 2. The fourth-order valence-electron chi connectivity index (χ4n) is 8.78. The van der Waals surface area contributed by atoms with Crippen LogP contribution in [0.1, 0.15) is 47.9 Å². The van der Waals surface area contributed by atoms with Crippen LogP contribution >= 0.6 is 15.9 Å². The highest BCUT2D eigenvalue weighted by atomic mass is 79.9. The third-order valence-electron chi connectivity index (χ3n) is 13.1. The van der Waals surface area contributed by atoms with E-state index in [4.69, 9.17) is 20.1 Å². The number of pyridine rings is 2. The predicted octanol–water partition coefficient (Wildman–Crippen LogP) is 9.23. The Hall–Kier alpha value is -7.62. The highest BCUT2D eigenvalue weighted by Crippen LogP contribution is 2.54. The molecule has 4 aliphatic rings. The van der Waals surface area contributed by atoms with Gasteiger partial charge in [0, 0.05) is 16.3 Å². The molecule has 0 spiro atoms. The zero-order valence-corrected chi connectivity index (χ0v) is 40.3. The topological polar surface area (TPSA) is 202 Å². The second-order valence-corrected chi connectivity index (χ2v) is 18.7. The minimum Gasteiger partial charge on any atom is -0.423 e. The molecule has 0 unspecified atom stereocenters. The Bertz CT molecular complexity index is 3460. The summed E-state index contributed by atoms with van der Waals surface area (Å²) in [6.45, 7) is -0.0774. The number of hydrogen-bond acceptors (Lipinski definition) is 12. The van der Waals surface area contributed by atoms with E-state index < -0.39 is 30.5 Å². The standard InChI is InChI=1S/C27H20F2N2O4.C20H13BrF2N2O3.C7H9BO3/c28-27(29)34-21-10-9-19(14-22(21)35-27)26(11-12-26)25(33)31-23-13-18-3-1-2-4-20(18)24(30-23)17-7-5-16(15-32)6-8-17;21-17-13-4-2-1-3-11(13)9-16(24-17)25-18(26)19(7-8-19)12-5-6-14-15(10-12)28-20(22,23)27-14;9-5-6-1-3-7(4-2-6)8(10)11/h1-10,13-14,32H,11-12,15H2,(H,30,31,33);1-6,9-10H,7-8H2,(H,24,25,26);1-4,9-11H,5H2. The Labute approximate surface area is 427 Å². The number of fused-ring (bicyclic) bond motifs is 4. The number of alkyl halides is 4. The van der Waals surface area contributed by atoms with E-state index in [9.17, 15) is 32.3 Å². The van der Waals surface area contributed by atoms with Gasteiger partial charge in [-0.3, -0.25) is 9.59 Å². The number of aliphatic hydroxyl groups excluding tert-OH is 2. The van der Waals surface area contributed by atoms with Crippen molar-refractivity contribution in [2.75, 3.05) is 10.6 Å². The molecule has 2 amide bonds. The van der Waals surface area contributed by atoms with Gasteiger partial charge in [0.05, 0.1) is 29.7 Å². The summed E-state index contributed by atoms with van der Waals surface area (Å²) >= 11 is 3.43. The van der Waals surface area contributed by atoms with Crippen LogP contribution in [0.5, 0.6) is 23.0 Å². The lowest BCUT2D eigenvalue weighted by molar-refractivity contribution is -0.287. The zero-order valence-electron chi connectivity index (χ0n) is 38.7. The summed E-state index contributed by atoms with van der Waals surface area (Å²) in [5.74, 6) is 0.105. The van der Waals surface area contributed by atoms with Crippen molar-refractivity contribution in [3.63, 3.8) is 0 Å². The van der Waals surface area contributed by atoms with Gasteiger partial charge in [-0.25, -0.2) is 9.97 Å². The third kappa shape index (κ3) is 10.3. The summed E-state index contributed by atoms with van der Waals surface area (Å²) in [7, 11) is -1.43. The molecule has 0 saturated heterocycles. The molecular formula is C54H42BBrF4N4O10. The summed E-state index contributed by atoms with van der Waals surface area (Å²) in [5, 5.41) is 44.9. The first-order valence-electron chi connectivity index (χ1n) is 23.1. The molecule has 4 heterocycles. The molecule has 376 valence electrons. The number of halogens is 5. The predicted molar refractivity (Wildman–Crippen MR) is 269 cm³/mol. The van der Waals surface area contributed by atoms with Crippen molar-refractivity contribution >= 4 is 73.5 Å². The van der Waals surface area contributed by atoms with Gasteiger partial charge in [0.1, 0.15) is 16.2 Å². The normalized spacial score (nSPS) is 16.2. The van der Waals surface area contributed by atoms with Gasteiger partial charge in [-0.1, -0.05) is 109 Å². The second kappa shape index (κ2) is 19.7. The number of carbonyl (C=O) groups excluding carboxylic acids is 2. The van der Waals surface area contributed by atoms with Gasteiger partial charge < -0.3 is 49.8 Å². The lowest BCUT2D eigenvalue weighted by atomic mass is 9.80. The van der Waals surface area contributed by atoms with Crippen molar-refractivity contribution in [2.24, 2.45) is 0 Å². The summed E-state index contributed by atoms with van der Waals surface area (Å²) in [6.07, 6.45) is -4.99. The smallest absolute Gasteiger partial charge is 0.423 e. The molecule has 2 saturated carbocycles. The number of amides is 2. The van der Waals surface area contributed by atoms with Crippen molar-refractivity contribution in [3.8, 4) is 34.3 Å². The molecule has 74 heavy (non-hydrogen) atoms. The number of hydrogen-bond donors (Lipinski definition) is 6. The van der Waals surface area contributed by atoms with Crippen LogP contribution in [-0.2, 0) is 33.6 Å². The Morgan fingerprint density at radius 2 is 0.986 bits per heavy atom. The van der Waals surface area contributed by atoms with E-state index in [0.29, 0.717) is 64.2 Å². The summed E-state index contributed by atoms with van der Waals surface area (Å²) in [6, 6.07) is 41.9. The van der Waals surface area contributed by atoms with Crippen molar-refractivity contribution < 1.29 is 66.4 Å². The molecule has 14 nitrogen and oxygen atoms in total. The fraction of sp³-hybridized carbons (Fsp3) is 0.185. The molecule has 6 N–H and O–H groups in total. The summed E-state index contributed by atoms with van der Waals surface area (Å²) < 4.78 is 72.0. The van der Waals surface area contributed by atoms with Crippen LogP contribution in [0.25, 0.3) is 32.8 Å². The van der Waals surface area contributed by atoms with Crippen LogP contribution in [0.15, 0.2) is 150 Å². The van der Waals surface area contributed by atoms with Crippen LogP contribution < -0.4 is 35.0 Å². The molecule has 2 fully saturated rings. The zero-order chi connectivity index (χ0) is 52.0. The first-order valence-corrected chi connectivity index (χ1v) is 23.9. The molecule has 0 radical (unpaired) electrons. The molecule has 2 aliphatic carbocycles. The van der Waals surface area contributed by atoms with E-state index in [-0.39, 0.29) is 48.0 Å². The lowest BCUT2D eigenvalue weighted by Gasteiger charge is -2.17. The maximum Gasteiger partial charge on any atom is 0.586 e. The molecule has 20 heteroatoms. The highest BCUT2D eigenvalue weighted by Gasteiger charge is 2.54. The van der Waals surface area contributed by atoms with Gasteiger partial charge in [-0.05, 0) is 117 Å². The number of benzene rings is 6. The van der Waals surface area contributed by atoms with Crippen molar-refractivity contribution in [3.05, 3.63) is 172 Å². The van der Waals surface area contributed by atoms with Crippen LogP contribution in [0.2, 0.25) is 0 Å². The largest absolute Gasteiger partial charge is 0.586 e. The molecule has 0 bridgehead atoms. The molecule has 8 aromatic rings. The van der Waals surface area contributed by atoms with Gasteiger partial charge in [0.25, 0.3) is 0 Å². The first kappa shape index (κ1) is 49.9. The highest BCUT2D eigenvalue weighted by molar-refractivity contribution is 9.10. The van der Waals surface area contributed by atoms with Gasteiger partial charge in [0.15, 0.2) is 23.0 Å². The number of aromatic nitrogens is 2. The van der Waals surface area contributed by atoms with Crippen molar-refractivity contribution in [1.29, 1.82) is 0 Å². The van der Waals surface area contributed by atoms with E-state index in [0.717, 1.165) is 38.2 Å². The SMILES string of the molecule is O=C(Nc1cc2ccccc2c(-c2ccc(CO)cc2)n1)C1(c2ccc3c(c2)OC(F)(F)O3)CC1.O=C(Nc1cc2ccccc2c(Br)n1)C1(c2ccc3c(c2)OC(F)(F)O3)CC1.OCc1ccc(B(O)O)cc1. The van der Waals surface area contributed by atoms with Crippen molar-refractivity contribution in [1.82, 2.24) is 9.97 Å². The number of nitrogens with zero attached hydrogens (tertiary/aromatic N) is 2. The lowest BCUT2D eigenvalue weighted by Crippen LogP contribution is -2.29. The van der Waals surface area contributed by atoms with E-state index in [1.807, 2.05) is 78.9 Å². The van der Waals surface area contributed by atoms with E-state index in [1.165, 1.54) is 24.3 Å². The molecule has 2 aliphatic heterocycles. The minimum atomic E-state index is -3.71.